The summed E-state index contributed by atoms with van der Waals surface area (Å²) in [6, 6.07) is -0.156. The minimum atomic E-state index is -0.426. The van der Waals surface area contributed by atoms with Gasteiger partial charge in [-0.3, -0.25) is 9.69 Å². The van der Waals surface area contributed by atoms with Crippen molar-refractivity contribution in [3.8, 4) is 0 Å². The number of nitrogens with zero attached hydrogens (tertiary/aromatic N) is 1. The zero-order valence-corrected chi connectivity index (χ0v) is 9.82. The highest BCUT2D eigenvalue weighted by Gasteiger charge is 2.33. The topological polar surface area (TPSA) is 49.8 Å². The van der Waals surface area contributed by atoms with Crippen molar-refractivity contribution in [3.05, 3.63) is 0 Å². The predicted molar refractivity (Wildman–Crippen MR) is 57.5 cm³/mol. The Morgan fingerprint density at radius 2 is 2.20 bits per heavy atom. The van der Waals surface area contributed by atoms with Crippen molar-refractivity contribution in [2.45, 2.75) is 45.3 Å². The number of β-amino-alcohol motifs (C(OH)–C–C–N with tert-alkyl or cyclic N) is 1. The Balaban J connectivity index is 2.51. The van der Waals surface area contributed by atoms with Gasteiger partial charge in [0.25, 0.3) is 0 Å². The zero-order valence-electron chi connectivity index (χ0n) is 9.82. The van der Waals surface area contributed by atoms with Crippen LogP contribution in [0.3, 0.4) is 0 Å². The molecular weight excluding hydrogens is 194 g/mol. The first-order valence-electron chi connectivity index (χ1n) is 5.52. The fraction of sp³-hybridized carbons (Fsp3) is 0.909. The van der Waals surface area contributed by atoms with Crippen LogP contribution >= 0.6 is 0 Å². The highest BCUT2D eigenvalue weighted by atomic mass is 16.6. The second-order valence-corrected chi connectivity index (χ2v) is 4.95. The zero-order chi connectivity index (χ0) is 11.5. The summed E-state index contributed by atoms with van der Waals surface area (Å²) >= 11 is 0. The average molecular weight is 215 g/mol. The Morgan fingerprint density at radius 1 is 1.53 bits per heavy atom. The monoisotopic (exact) mass is 215 g/mol. The maximum absolute atomic E-state index is 11.8. The molecule has 0 aromatic carbocycles. The van der Waals surface area contributed by atoms with Gasteiger partial charge in [-0.15, -0.1) is 0 Å². The minimum absolute atomic E-state index is 0.0965. The molecule has 0 radical (unpaired) electrons. The molecule has 0 aromatic rings. The number of aliphatic hydroxyl groups excluding tert-OH is 1. The number of ether oxygens (including phenoxy) is 1. The summed E-state index contributed by atoms with van der Waals surface area (Å²) in [5.41, 5.74) is -0.426. The highest BCUT2D eigenvalue weighted by Crippen LogP contribution is 2.20. The lowest BCUT2D eigenvalue weighted by molar-refractivity contribution is -0.160. The van der Waals surface area contributed by atoms with Gasteiger partial charge in [0.05, 0.1) is 6.61 Å². The molecule has 4 nitrogen and oxygen atoms in total. The molecule has 1 saturated heterocycles. The molecule has 1 N–H and O–H groups in total. The molecule has 1 atom stereocenters. The third-order valence-corrected chi connectivity index (χ3v) is 2.43. The lowest BCUT2D eigenvalue weighted by Crippen LogP contribution is -2.41. The third-order valence-electron chi connectivity index (χ3n) is 2.43. The molecule has 1 heterocycles. The molecule has 1 aliphatic rings. The van der Waals surface area contributed by atoms with Crippen molar-refractivity contribution >= 4 is 5.97 Å². The predicted octanol–water partition coefficient (Wildman–Crippen LogP) is 0.785. The van der Waals surface area contributed by atoms with Crippen LogP contribution in [-0.2, 0) is 9.53 Å². The van der Waals surface area contributed by atoms with Crippen molar-refractivity contribution in [1.29, 1.82) is 0 Å². The summed E-state index contributed by atoms with van der Waals surface area (Å²) in [4.78, 5) is 13.8. The molecule has 1 rings (SSSR count). The van der Waals surface area contributed by atoms with E-state index in [-0.39, 0.29) is 18.6 Å². The van der Waals surface area contributed by atoms with Crippen molar-refractivity contribution < 1.29 is 14.6 Å². The molecule has 0 spiro atoms. The van der Waals surface area contributed by atoms with Gasteiger partial charge in [0.15, 0.2) is 0 Å². The number of esters is 1. The standard InChI is InChI=1S/C11H21NO3/c1-11(2,3)15-10(14)9-5-4-6-12(9)7-8-13/h9,13H,4-8H2,1-3H3/t9-/m0/s1. The van der Waals surface area contributed by atoms with Crippen molar-refractivity contribution in [3.63, 3.8) is 0 Å². The van der Waals surface area contributed by atoms with Crippen LogP contribution in [0.2, 0.25) is 0 Å². The van der Waals surface area contributed by atoms with E-state index in [1.54, 1.807) is 0 Å². The quantitative estimate of drug-likeness (QED) is 0.707. The molecule has 0 aliphatic carbocycles. The number of carbonyl (C=O) groups is 1. The van der Waals surface area contributed by atoms with Crippen LogP contribution < -0.4 is 0 Å². The molecule has 4 heteroatoms. The van der Waals surface area contributed by atoms with E-state index in [0.717, 1.165) is 19.4 Å². The summed E-state index contributed by atoms with van der Waals surface area (Å²) in [5, 5.41) is 8.87. The molecule has 0 saturated carbocycles. The molecule has 15 heavy (non-hydrogen) atoms. The molecule has 88 valence electrons. The lowest BCUT2D eigenvalue weighted by Gasteiger charge is -2.26. The van der Waals surface area contributed by atoms with Crippen LogP contribution in [-0.4, -0.2) is 47.3 Å². The lowest BCUT2D eigenvalue weighted by atomic mass is 10.1. The Hall–Kier alpha value is -0.610. The second-order valence-electron chi connectivity index (χ2n) is 4.95. The smallest absolute Gasteiger partial charge is 0.323 e. The number of hydrogen-bond donors (Lipinski definition) is 1. The first kappa shape index (κ1) is 12.5. The number of aliphatic hydroxyl groups is 1. The number of rotatable bonds is 3. The molecule has 0 bridgehead atoms. The van der Waals surface area contributed by atoms with Gasteiger partial charge in [-0.05, 0) is 40.2 Å². The van der Waals surface area contributed by atoms with Gasteiger partial charge in [0, 0.05) is 6.54 Å². The van der Waals surface area contributed by atoms with E-state index >= 15 is 0 Å². The molecule has 0 unspecified atom stereocenters. The Bertz CT molecular complexity index is 222. The SMILES string of the molecule is CC(C)(C)OC(=O)[C@@H]1CCCN1CCO. The number of hydrogen-bond acceptors (Lipinski definition) is 4. The van der Waals surface area contributed by atoms with Crippen LogP contribution in [0.4, 0.5) is 0 Å². The van der Waals surface area contributed by atoms with Gasteiger partial charge in [0.2, 0.25) is 0 Å². The summed E-state index contributed by atoms with van der Waals surface area (Å²) < 4.78 is 5.34. The van der Waals surface area contributed by atoms with Crippen LogP contribution in [0.5, 0.6) is 0 Å². The number of likely N-dealkylation sites (tertiary alicyclic amines) is 1. The largest absolute Gasteiger partial charge is 0.459 e. The van der Waals surface area contributed by atoms with Crippen LogP contribution in [0.25, 0.3) is 0 Å². The second kappa shape index (κ2) is 4.94. The van der Waals surface area contributed by atoms with E-state index in [0.29, 0.717) is 6.54 Å². The van der Waals surface area contributed by atoms with Crippen molar-refractivity contribution in [1.82, 2.24) is 4.90 Å². The minimum Gasteiger partial charge on any atom is -0.459 e. The third kappa shape index (κ3) is 3.80. The van der Waals surface area contributed by atoms with Gasteiger partial charge in [-0.1, -0.05) is 0 Å². The average Bonchev–Trinajstić information content (AvgIpc) is 2.49. The van der Waals surface area contributed by atoms with E-state index in [9.17, 15) is 4.79 Å². The maximum atomic E-state index is 11.8. The molecule has 0 aromatic heterocycles. The summed E-state index contributed by atoms with van der Waals surface area (Å²) in [7, 11) is 0. The Labute approximate surface area is 91.2 Å². The summed E-state index contributed by atoms with van der Waals surface area (Å²) in [6.07, 6.45) is 1.85. The van der Waals surface area contributed by atoms with Crippen LogP contribution in [0.15, 0.2) is 0 Å². The van der Waals surface area contributed by atoms with E-state index in [2.05, 4.69) is 0 Å². The molecule has 1 fully saturated rings. The highest BCUT2D eigenvalue weighted by molar-refractivity contribution is 5.76. The molecule has 1 aliphatic heterocycles. The normalized spacial score (nSPS) is 23.1. The Kier molecular flexibility index (Phi) is 4.11. The van der Waals surface area contributed by atoms with E-state index < -0.39 is 5.60 Å². The van der Waals surface area contributed by atoms with Crippen molar-refractivity contribution in [2.24, 2.45) is 0 Å². The molecular formula is C11H21NO3. The maximum Gasteiger partial charge on any atom is 0.323 e. The van der Waals surface area contributed by atoms with Gasteiger partial charge in [0.1, 0.15) is 11.6 Å². The summed E-state index contributed by atoms with van der Waals surface area (Å²) in [6.45, 7) is 7.15. The fourth-order valence-corrected chi connectivity index (χ4v) is 1.86. The number of carbonyl (C=O) groups excluding carboxylic acids is 1. The first-order valence-corrected chi connectivity index (χ1v) is 5.52. The van der Waals surface area contributed by atoms with E-state index in [1.165, 1.54) is 0 Å². The van der Waals surface area contributed by atoms with Gasteiger partial charge in [-0.2, -0.15) is 0 Å². The molecule has 0 amide bonds. The van der Waals surface area contributed by atoms with Crippen molar-refractivity contribution in [2.75, 3.05) is 19.7 Å². The van der Waals surface area contributed by atoms with Crippen LogP contribution in [0.1, 0.15) is 33.6 Å². The Morgan fingerprint density at radius 3 is 2.73 bits per heavy atom. The van der Waals surface area contributed by atoms with E-state index in [1.807, 2.05) is 25.7 Å². The van der Waals surface area contributed by atoms with Crippen LogP contribution in [0, 0.1) is 0 Å². The van der Waals surface area contributed by atoms with Gasteiger partial charge < -0.3 is 9.84 Å². The summed E-state index contributed by atoms with van der Waals surface area (Å²) in [5.74, 6) is -0.159. The van der Waals surface area contributed by atoms with Gasteiger partial charge >= 0.3 is 5.97 Å². The van der Waals surface area contributed by atoms with E-state index in [4.69, 9.17) is 9.84 Å². The van der Waals surface area contributed by atoms with Gasteiger partial charge in [-0.25, -0.2) is 0 Å². The first-order chi connectivity index (χ1) is 6.94. The fourth-order valence-electron chi connectivity index (χ4n) is 1.86.